The fourth-order valence-electron chi connectivity index (χ4n) is 1.40. The van der Waals surface area contributed by atoms with Crippen molar-refractivity contribution in [1.82, 2.24) is 4.98 Å². The van der Waals surface area contributed by atoms with E-state index in [1.807, 2.05) is 0 Å². The Hall–Kier alpha value is -2.50. The molecule has 0 radical (unpaired) electrons. The Morgan fingerprint density at radius 1 is 1.28 bits per heavy atom. The summed E-state index contributed by atoms with van der Waals surface area (Å²) in [7, 11) is 0. The van der Waals surface area contributed by atoms with E-state index in [-0.39, 0.29) is 17.1 Å². The monoisotopic (exact) mass is 249 g/mol. The molecule has 0 saturated heterocycles. The number of benzene rings is 1. The normalized spacial score (nSPS) is 10.1. The summed E-state index contributed by atoms with van der Waals surface area (Å²) in [6, 6.07) is 6.48. The van der Waals surface area contributed by atoms with Gasteiger partial charge >= 0.3 is 0 Å². The number of aromatic nitrogens is 1. The van der Waals surface area contributed by atoms with Gasteiger partial charge in [-0.1, -0.05) is 6.07 Å². The number of rotatable bonds is 2. The van der Waals surface area contributed by atoms with Crippen molar-refractivity contribution in [3.05, 3.63) is 53.7 Å². The topological polar surface area (TPSA) is 68.0 Å². The first-order valence-electron chi connectivity index (χ1n) is 5.05. The number of nitrogens with one attached hydrogen (secondary N) is 1. The van der Waals surface area contributed by atoms with E-state index in [0.717, 1.165) is 6.07 Å². The lowest BCUT2D eigenvalue weighted by molar-refractivity contribution is 0.102. The van der Waals surface area contributed by atoms with Gasteiger partial charge in [-0.15, -0.1) is 0 Å². The van der Waals surface area contributed by atoms with E-state index < -0.39 is 17.5 Å². The predicted molar refractivity (Wildman–Crippen MR) is 63.0 cm³/mol. The number of nitrogens with two attached hydrogens (primary N) is 1. The quantitative estimate of drug-likeness (QED) is 0.857. The van der Waals surface area contributed by atoms with Crippen LogP contribution in [0.4, 0.5) is 20.3 Å². The van der Waals surface area contributed by atoms with E-state index in [1.54, 1.807) is 0 Å². The summed E-state index contributed by atoms with van der Waals surface area (Å²) in [5.41, 5.74) is 5.24. The first-order valence-corrected chi connectivity index (χ1v) is 5.05. The Morgan fingerprint density at radius 3 is 2.78 bits per heavy atom. The summed E-state index contributed by atoms with van der Waals surface area (Å²) in [6.45, 7) is 0. The summed E-state index contributed by atoms with van der Waals surface area (Å²) in [5.74, 6) is -2.47. The van der Waals surface area contributed by atoms with Gasteiger partial charge in [-0.3, -0.25) is 4.79 Å². The smallest absolute Gasteiger partial charge is 0.258 e. The molecule has 0 saturated carbocycles. The zero-order valence-corrected chi connectivity index (χ0v) is 9.15. The van der Waals surface area contributed by atoms with Gasteiger partial charge < -0.3 is 11.1 Å². The van der Waals surface area contributed by atoms with Gasteiger partial charge in [-0.2, -0.15) is 0 Å². The zero-order chi connectivity index (χ0) is 13.1. The van der Waals surface area contributed by atoms with Crippen molar-refractivity contribution >= 4 is 17.4 Å². The van der Waals surface area contributed by atoms with E-state index >= 15 is 0 Å². The first kappa shape index (κ1) is 12.0. The molecule has 0 bridgehead atoms. The average molecular weight is 249 g/mol. The van der Waals surface area contributed by atoms with Gasteiger partial charge in [0.25, 0.3) is 5.91 Å². The molecule has 0 aliphatic heterocycles. The van der Waals surface area contributed by atoms with Crippen molar-refractivity contribution in [3.63, 3.8) is 0 Å². The van der Waals surface area contributed by atoms with Crippen LogP contribution in [-0.4, -0.2) is 10.9 Å². The van der Waals surface area contributed by atoms with Crippen LogP contribution in [0, 0.1) is 11.6 Å². The van der Waals surface area contributed by atoms with Crippen molar-refractivity contribution in [2.45, 2.75) is 0 Å². The molecule has 0 unspecified atom stereocenters. The number of nitrogens with zero attached hydrogens (tertiary/aromatic N) is 1. The summed E-state index contributed by atoms with van der Waals surface area (Å²) >= 11 is 0. The van der Waals surface area contributed by atoms with Crippen LogP contribution in [0.2, 0.25) is 0 Å². The highest BCUT2D eigenvalue weighted by atomic mass is 19.1. The molecule has 1 heterocycles. The number of carbonyl (C=O) groups is 1. The molecule has 0 spiro atoms. The molecule has 2 aromatic rings. The van der Waals surface area contributed by atoms with Crippen molar-refractivity contribution in [1.29, 1.82) is 0 Å². The minimum absolute atomic E-state index is 0.231. The second-order valence-electron chi connectivity index (χ2n) is 3.52. The highest BCUT2D eigenvalue weighted by molar-refractivity contribution is 6.04. The van der Waals surface area contributed by atoms with Gasteiger partial charge in [0.1, 0.15) is 5.82 Å². The maximum atomic E-state index is 13.5. The van der Waals surface area contributed by atoms with Crippen LogP contribution < -0.4 is 11.1 Å². The Labute approximate surface area is 101 Å². The van der Waals surface area contributed by atoms with Gasteiger partial charge in [0, 0.05) is 11.9 Å². The molecular formula is C12H9F2N3O. The fourth-order valence-corrected chi connectivity index (χ4v) is 1.40. The van der Waals surface area contributed by atoms with Crippen LogP contribution in [0.3, 0.4) is 0 Å². The third kappa shape index (κ3) is 2.42. The molecule has 2 rings (SSSR count). The summed E-state index contributed by atoms with van der Waals surface area (Å²) in [5, 5.41) is 2.36. The second-order valence-corrected chi connectivity index (χ2v) is 3.52. The minimum Gasteiger partial charge on any atom is -0.381 e. The van der Waals surface area contributed by atoms with Crippen molar-refractivity contribution in [2.75, 3.05) is 11.1 Å². The van der Waals surface area contributed by atoms with Crippen molar-refractivity contribution in [3.8, 4) is 0 Å². The van der Waals surface area contributed by atoms with Gasteiger partial charge in [0.05, 0.1) is 5.56 Å². The van der Waals surface area contributed by atoms with Crippen LogP contribution >= 0.6 is 0 Å². The summed E-state index contributed by atoms with van der Waals surface area (Å²) in [4.78, 5) is 15.2. The number of hydrogen-bond donors (Lipinski definition) is 2. The second kappa shape index (κ2) is 4.79. The van der Waals surface area contributed by atoms with E-state index in [2.05, 4.69) is 10.3 Å². The predicted octanol–water partition coefficient (Wildman–Crippen LogP) is 2.19. The van der Waals surface area contributed by atoms with Crippen LogP contribution in [0.25, 0.3) is 0 Å². The van der Waals surface area contributed by atoms with E-state index in [4.69, 9.17) is 5.73 Å². The molecule has 1 aromatic carbocycles. The number of amides is 1. The van der Waals surface area contributed by atoms with E-state index in [0.29, 0.717) is 0 Å². The Morgan fingerprint density at radius 2 is 2.06 bits per heavy atom. The fraction of sp³-hybridized carbons (Fsp3) is 0. The lowest BCUT2D eigenvalue weighted by Gasteiger charge is -2.06. The maximum Gasteiger partial charge on any atom is 0.258 e. The third-order valence-corrected chi connectivity index (χ3v) is 2.24. The summed E-state index contributed by atoms with van der Waals surface area (Å²) < 4.78 is 26.4. The highest BCUT2D eigenvalue weighted by Crippen LogP contribution is 2.15. The largest absolute Gasteiger partial charge is 0.381 e. The molecule has 92 valence electrons. The summed E-state index contributed by atoms with van der Waals surface area (Å²) in [6.07, 6.45) is 1.22. The first-order chi connectivity index (χ1) is 8.58. The Balaban J connectivity index is 2.25. The number of anilines is 2. The molecule has 0 atom stereocenters. The molecular weight excluding hydrogens is 240 g/mol. The molecule has 18 heavy (non-hydrogen) atoms. The lowest BCUT2D eigenvalue weighted by atomic mass is 10.2. The zero-order valence-electron chi connectivity index (χ0n) is 9.15. The lowest BCUT2D eigenvalue weighted by Crippen LogP contribution is -2.15. The molecule has 0 aliphatic rings. The van der Waals surface area contributed by atoms with Crippen LogP contribution in [0.15, 0.2) is 36.5 Å². The van der Waals surface area contributed by atoms with E-state index in [9.17, 15) is 13.6 Å². The Bertz CT molecular complexity index is 602. The van der Waals surface area contributed by atoms with Gasteiger partial charge in [0.2, 0.25) is 0 Å². The SMILES string of the molecule is Nc1nccc(C(=O)Nc2cccc(F)c2)c1F. The number of carbonyl (C=O) groups excluding carboxylic acids is 1. The number of nitrogen functional groups attached to an aromatic ring is 1. The highest BCUT2D eigenvalue weighted by Gasteiger charge is 2.14. The minimum atomic E-state index is -0.897. The van der Waals surface area contributed by atoms with Crippen LogP contribution in [0.1, 0.15) is 10.4 Å². The number of pyridine rings is 1. The standard InChI is InChI=1S/C12H9F2N3O/c13-7-2-1-3-8(6-7)17-12(18)9-4-5-16-11(15)10(9)14/h1-6H,(H2,15,16)(H,17,18). The van der Waals surface area contributed by atoms with Gasteiger partial charge in [-0.25, -0.2) is 13.8 Å². The number of halogens is 2. The van der Waals surface area contributed by atoms with Gasteiger partial charge in [0.15, 0.2) is 11.6 Å². The number of hydrogen-bond acceptors (Lipinski definition) is 3. The van der Waals surface area contributed by atoms with Crippen LogP contribution in [-0.2, 0) is 0 Å². The molecule has 1 aromatic heterocycles. The molecule has 6 heteroatoms. The van der Waals surface area contributed by atoms with Crippen LogP contribution in [0.5, 0.6) is 0 Å². The molecule has 0 fully saturated rings. The maximum absolute atomic E-state index is 13.5. The third-order valence-electron chi connectivity index (χ3n) is 2.24. The molecule has 0 aliphatic carbocycles. The molecule has 3 N–H and O–H groups in total. The van der Waals surface area contributed by atoms with E-state index in [1.165, 1.54) is 30.5 Å². The average Bonchev–Trinajstić information content (AvgIpc) is 2.32. The molecule has 1 amide bonds. The van der Waals surface area contributed by atoms with Gasteiger partial charge in [-0.05, 0) is 24.3 Å². The van der Waals surface area contributed by atoms with Crippen molar-refractivity contribution in [2.24, 2.45) is 0 Å². The molecule has 4 nitrogen and oxygen atoms in total. The van der Waals surface area contributed by atoms with Crippen molar-refractivity contribution < 1.29 is 13.6 Å². The Kier molecular flexibility index (Phi) is 3.18.